The van der Waals surface area contributed by atoms with Crippen molar-refractivity contribution in [3.63, 3.8) is 0 Å². The number of aromatic nitrogens is 2. The normalized spacial score (nSPS) is 14.7. The third-order valence-electron chi connectivity index (χ3n) is 3.53. The Morgan fingerprint density at radius 3 is 2.84 bits per heavy atom. The van der Waals surface area contributed by atoms with Gasteiger partial charge < -0.3 is 10.3 Å². The first-order valence-corrected chi connectivity index (χ1v) is 6.40. The van der Waals surface area contributed by atoms with Crippen LogP contribution in [0.3, 0.4) is 0 Å². The zero-order valence-corrected chi connectivity index (χ0v) is 10.4. The molecule has 3 nitrogen and oxygen atoms in total. The summed E-state index contributed by atoms with van der Waals surface area (Å²) in [6.07, 6.45) is 0.619. The molecule has 19 heavy (non-hydrogen) atoms. The van der Waals surface area contributed by atoms with Crippen LogP contribution < -0.4 is 5.73 Å². The van der Waals surface area contributed by atoms with Crippen LogP contribution in [-0.4, -0.2) is 9.55 Å². The van der Waals surface area contributed by atoms with E-state index >= 15 is 0 Å². The van der Waals surface area contributed by atoms with Crippen LogP contribution in [0, 0.1) is 0 Å². The number of imidazole rings is 1. The number of hydrogen-bond donors (Lipinski definition) is 1. The number of nitrogens with zero attached hydrogens (tertiary/aromatic N) is 2. The average Bonchev–Trinajstić information content (AvgIpc) is 2.77. The van der Waals surface area contributed by atoms with Gasteiger partial charge in [0.15, 0.2) is 0 Å². The largest absolute Gasteiger partial charge is 0.383 e. The van der Waals surface area contributed by atoms with E-state index in [4.69, 9.17) is 5.73 Å². The van der Waals surface area contributed by atoms with Crippen molar-refractivity contribution in [2.24, 2.45) is 0 Å². The molecule has 2 N–H and O–H groups in total. The summed E-state index contributed by atoms with van der Waals surface area (Å²) in [5.74, 6) is 1.54. The Balaban J connectivity index is 2.07. The number of aryl methyl sites for hydroxylation is 1. The lowest BCUT2D eigenvalue weighted by atomic mass is 10.1. The van der Waals surface area contributed by atoms with Gasteiger partial charge in [-0.15, -0.1) is 0 Å². The summed E-state index contributed by atoms with van der Waals surface area (Å²) in [5, 5.41) is 0. The highest BCUT2D eigenvalue weighted by Crippen LogP contribution is 2.31. The maximum atomic E-state index is 12.7. The van der Waals surface area contributed by atoms with E-state index in [9.17, 15) is 8.78 Å². The summed E-state index contributed by atoms with van der Waals surface area (Å²) in [5.41, 5.74) is 7.39. The average molecular weight is 263 g/mol. The molecule has 0 radical (unpaired) electrons. The van der Waals surface area contributed by atoms with Gasteiger partial charge in [-0.25, -0.2) is 13.8 Å². The lowest BCUT2D eigenvalue weighted by Crippen LogP contribution is -2.12. The molecule has 0 bridgehead atoms. The molecule has 1 aliphatic rings. The number of halogens is 2. The highest BCUT2D eigenvalue weighted by atomic mass is 19.3. The number of nitrogens with two attached hydrogens (primary N) is 1. The number of benzene rings is 1. The molecule has 0 amide bonds. The van der Waals surface area contributed by atoms with Crippen molar-refractivity contribution < 1.29 is 8.78 Å². The summed E-state index contributed by atoms with van der Waals surface area (Å²) in [6, 6.07) is 6.28. The zero-order chi connectivity index (χ0) is 13.4. The van der Waals surface area contributed by atoms with Gasteiger partial charge in [0.1, 0.15) is 17.3 Å². The Morgan fingerprint density at radius 2 is 2.11 bits per heavy atom. The molecule has 2 heterocycles. The van der Waals surface area contributed by atoms with E-state index in [0.717, 1.165) is 31.6 Å². The van der Waals surface area contributed by atoms with Crippen molar-refractivity contribution in [1.82, 2.24) is 9.55 Å². The number of nitrogen functional groups attached to an aromatic ring is 1. The van der Waals surface area contributed by atoms with Crippen molar-refractivity contribution in [2.45, 2.75) is 32.2 Å². The second-order valence-corrected chi connectivity index (χ2v) is 4.80. The van der Waals surface area contributed by atoms with Crippen molar-refractivity contribution in [1.29, 1.82) is 0 Å². The summed E-state index contributed by atoms with van der Waals surface area (Å²) < 4.78 is 27.5. The molecule has 1 aliphatic heterocycles. The molecule has 3 rings (SSSR count). The molecule has 100 valence electrons. The molecule has 2 aromatic rings. The smallest absolute Gasteiger partial charge is 0.263 e. The van der Waals surface area contributed by atoms with Gasteiger partial charge in [0.2, 0.25) is 0 Å². The third kappa shape index (κ3) is 2.09. The quantitative estimate of drug-likeness (QED) is 0.902. The lowest BCUT2D eigenvalue weighted by Gasteiger charge is -2.14. The first kappa shape index (κ1) is 12.1. The van der Waals surface area contributed by atoms with Crippen LogP contribution in [0.25, 0.3) is 11.3 Å². The van der Waals surface area contributed by atoms with E-state index in [0.29, 0.717) is 17.1 Å². The van der Waals surface area contributed by atoms with Gasteiger partial charge in [-0.3, -0.25) is 0 Å². The van der Waals surface area contributed by atoms with Crippen LogP contribution in [0.1, 0.15) is 30.7 Å². The molecule has 1 aromatic heterocycles. The highest BCUT2D eigenvalue weighted by molar-refractivity contribution is 5.71. The zero-order valence-electron chi connectivity index (χ0n) is 10.4. The Hall–Kier alpha value is -1.91. The topological polar surface area (TPSA) is 43.8 Å². The van der Waals surface area contributed by atoms with E-state index in [-0.39, 0.29) is 5.56 Å². The van der Waals surface area contributed by atoms with E-state index in [1.165, 1.54) is 12.1 Å². The van der Waals surface area contributed by atoms with Crippen molar-refractivity contribution >= 4 is 5.82 Å². The minimum atomic E-state index is -2.47. The minimum absolute atomic E-state index is 0.00266. The number of anilines is 1. The van der Waals surface area contributed by atoms with E-state index < -0.39 is 6.43 Å². The van der Waals surface area contributed by atoms with Crippen LogP contribution in [0.5, 0.6) is 0 Å². The molecule has 0 spiro atoms. The standard InChI is InChI=1S/C14H15F2N3/c15-13(16)10-5-3-4-9(8-10)12-14(17)19-7-2-1-6-11(19)18-12/h3-5,8,13H,1-2,6-7,17H2. The fourth-order valence-corrected chi connectivity index (χ4v) is 2.54. The van der Waals surface area contributed by atoms with Gasteiger partial charge in [-0.05, 0) is 18.9 Å². The molecule has 5 heteroatoms. The van der Waals surface area contributed by atoms with Crippen molar-refractivity contribution in [3.05, 3.63) is 35.7 Å². The summed E-state index contributed by atoms with van der Waals surface area (Å²) >= 11 is 0. The van der Waals surface area contributed by atoms with Crippen molar-refractivity contribution in [2.75, 3.05) is 5.73 Å². The Kier molecular flexibility index (Phi) is 2.97. The second-order valence-electron chi connectivity index (χ2n) is 4.80. The molecule has 1 aromatic carbocycles. The summed E-state index contributed by atoms with van der Waals surface area (Å²) in [4.78, 5) is 4.51. The first-order valence-electron chi connectivity index (χ1n) is 6.40. The Labute approximate surface area is 110 Å². The molecule has 0 saturated carbocycles. The number of rotatable bonds is 2. The monoisotopic (exact) mass is 263 g/mol. The number of fused-ring (bicyclic) bond motifs is 1. The highest BCUT2D eigenvalue weighted by Gasteiger charge is 2.19. The fourth-order valence-electron chi connectivity index (χ4n) is 2.54. The molecule has 0 atom stereocenters. The predicted octanol–water partition coefficient (Wildman–Crippen LogP) is 3.41. The van der Waals surface area contributed by atoms with E-state index in [1.807, 2.05) is 4.57 Å². The van der Waals surface area contributed by atoms with Crippen LogP contribution in [0.4, 0.5) is 14.6 Å². The molecule has 0 unspecified atom stereocenters. The lowest BCUT2D eigenvalue weighted by molar-refractivity contribution is 0.151. The number of alkyl halides is 2. The van der Waals surface area contributed by atoms with Crippen LogP contribution in [-0.2, 0) is 13.0 Å². The van der Waals surface area contributed by atoms with E-state index in [2.05, 4.69) is 4.98 Å². The van der Waals surface area contributed by atoms with Crippen LogP contribution in [0.15, 0.2) is 24.3 Å². The maximum absolute atomic E-state index is 12.7. The molecule has 0 saturated heterocycles. The fraction of sp³-hybridized carbons (Fsp3) is 0.357. The third-order valence-corrected chi connectivity index (χ3v) is 3.53. The molecule has 0 aliphatic carbocycles. The predicted molar refractivity (Wildman–Crippen MR) is 70.0 cm³/mol. The van der Waals surface area contributed by atoms with Gasteiger partial charge in [-0.2, -0.15) is 0 Å². The molecule has 0 fully saturated rings. The maximum Gasteiger partial charge on any atom is 0.263 e. The van der Waals surface area contributed by atoms with Gasteiger partial charge >= 0.3 is 0 Å². The molecular weight excluding hydrogens is 248 g/mol. The summed E-state index contributed by atoms with van der Waals surface area (Å²) in [7, 11) is 0. The Morgan fingerprint density at radius 1 is 1.26 bits per heavy atom. The molecular formula is C14H15F2N3. The number of hydrogen-bond acceptors (Lipinski definition) is 2. The second kappa shape index (κ2) is 4.64. The summed E-state index contributed by atoms with van der Waals surface area (Å²) in [6.45, 7) is 0.864. The van der Waals surface area contributed by atoms with Gasteiger partial charge in [0, 0.05) is 24.1 Å². The van der Waals surface area contributed by atoms with Gasteiger partial charge in [-0.1, -0.05) is 18.2 Å². The van der Waals surface area contributed by atoms with Gasteiger partial charge in [0.05, 0.1) is 0 Å². The SMILES string of the molecule is Nc1c(-c2cccc(C(F)F)c2)nc2n1CCCC2. The van der Waals surface area contributed by atoms with Gasteiger partial charge in [0.25, 0.3) is 6.43 Å². The Bertz CT molecular complexity index is 605. The van der Waals surface area contributed by atoms with Crippen LogP contribution in [0.2, 0.25) is 0 Å². The minimum Gasteiger partial charge on any atom is -0.383 e. The van der Waals surface area contributed by atoms with E-state index in [1.54, 1.807) is 12.1 Å². The first-order chi connectivity index (χ1) is 9.16. The van der Waals surface area contributed by atoms with Crippen molar-refractivity contribution in [3.8, 4) is 11.3 Å². The van der Waals surface area contributed by atoms with Crippen LogP contribution >= 0.6 is 0 Å².